The van der Waals surface area contributed by atoms with Crippen molar-refractivity contribution in [2.45, 2.75) is 25.4 Å². The molecule has 3 rings (SSSR count). The van der Waals surface area contributed by atoms with Crippen LogP contribution in [-0.4, -0.2) is 41.9 Å². The molecule has 2 aromatic rings. The number of carbonyl (C=O) groups is 3. The summed E-state index contributed by atoms with van der Waals surface area (Å²) in [6, 6.07) is 10.1. The topological polar surface area (TPSA) is 75.7 Å². The van der Waals surface area contributed by atoms with E-state index in [-0.39, 0.29) is 19.1 Å². The normalized spacial score (nSPS) is 16.2. The van der Waals surface area contributed by atoms with Crippen molar-refractivity contribution in [2.75, 3.05) is 13.2 Å². The van der Waals surface area contributed by atoms with E-state index in [9.17, 15) is 14.4 Å². The van der Waals surface area contributed by atoms with Crippen molar-refractivity contribution in [3.05, 3.63) is 57.2 Å². The summed E-state index contributed by atoms with van der Waals surface area (Å²) in [5.41, 5.74) is 0.780. The van der Waals surface area contributed by atoms with Crippen LogP contribution in [0.4, 0.5) is 0 Å². The van der Waals surface area contributed by atoms with Crippen molar-refractivity contribution >= 4 is 40.7 Å². The Labute approximate surface area is 166 Å². The minimum atomic E-state index is -0.643. The van der Waals surface area contributed by atoms with Crippen LogP contribution in [0.15, 0.2) is 41.8 Å². The van der Waals surface area contributed by atoms with Gasteiger partial charge in [0.15, 0.2) is 6.61 Å². The predicted octanol–water partition coefficient (Wildman–Crippen LogP) is 2.87. The lowest BCUT2D eigenvalue weighted by atomic mass is 10.2. The Bertz CT molecular complexity index is 825. The third-order valence-electron chi connectivity index (χ3n) is 4.30. The Balaban J connectivity index is 1.49. The van der Waals surface area contributed by atoms with Crippen LogP contribution in [0.25, 0.3) is 0 Å². The monoisotopic (exact) mass is 406 g/mol. The SMILES string of the molecule is O=C(COC(=O)[C@@H]1CCCN1C(=O)c1cccs1)NCc1ccccc1Cl. The average molecular weight is 407 g/mol. The second-order valence-corrected chi connectivity index (χ2v) is 7.46. The third-order valence-corrected chi connectivity index (χ3v) is 5.52. The number of benzene rings is 1. The van der Waals surface area contributed by atoms with E-state index >= 15 is 0 Å². The summed E-state index contributed by atoms with van der Waals surface area (Å²) in [7, 11) is 0. The highest BCUT2D eigenvalue weighted by Gasteiger charge is 2.36. The standard InChI is InChI=1S/C19H19ClN2O4S/c20-14-6-2-1-5-13(14)11-21-17(23)12-26-19(25)15-7-3-9-22(15)18(24)16-8-4-10-27-16/h1-2,4-6,8,10,15H,3,7,9,11-12H2,(H,21,23)/t15-/m0/s1. The molecule has 1 aliphatic heterocycles. The molecule has 0 unspecified atom stereocenters. The number of hydrogen-bond acceptors (Lipinski definition) is 5. The van der Waals surface area contributed by atoms with Gasteiger partial charge in [0.2, 0.25) is 0 Å². The quantitative estimate of drug-likeness (QED) is 0.748. The van der Waals surface area contributed by atoms with E-state index in [2.05, 4.69) is 5.32 Å². The zero-order valence-corrected chi connectivity index (χ0v) is 16.1. The van der Waals surface area contributed by atoms with Crippen LogP contribution in [-0.2, 0) is 20.9 Å². The molecule has 6 nitrogen and oxygen atoms in total. The maximum Gasteiger partial charge on any atom is 0.329 e. The molecule has 2 heterocycles. The van der Waals surface area contributed by atoms with Crippen LogP contribution in [0.1, 0.15) is 28.1 Å². The number of rotatable bonds is 6. The zero-order chi connectivity index (χ0) is 19.2. The molecular formula is C19H19ClN2O4S. The van der Waals surface area contributed by atoms with Crippen molar-refractivity contribution in [2.24, 2.45) is 0 Å². The van der Waals surface area contributed by atoms with Gasteiger partial charge in [0.05, 0.1) is 4.88 Å². The number of thiophene rings is 1. The molecule has 1 atom stereocenters. The summed E-state index contributed by atoms with van der Waals surface area (Å²) in [6.07, 6.45) is 1.27. The van der Waals surface area contributed by atoms with E-state index in [0.29, 0.717) is 22.9 Å². The minimum absolute atomic E-state index is 0.173. The zero-order valence-electron chi connectivity index (χ0n) is 14.5. The van der Waals surface area contributed by atoms with Crippen LogP contribution >= 0.6 is 22.9 Å². The van der Waals surface area contributed by atoms with E-state index in [1.165, 1.54) is 16.2 Å². The molecule has 1 aliphatic rings. The van der Waals surface area contributed by atoms with Gasteiger partial charge in [0.25, 0.3) is 11.8 Å². The number of nitrogens with one attached hydrogen (secondary N) is 1. The van der Waals surface area contributed by atoms with E-state index in [1.54, 1.807) is 30.3 Å². The highest BCUT2D eigenvalue weighted by Crippen LogP contribution is 2.23. The summed E-state index contributed by atoms with van der Waals surface area (Å²) in [6.45, 7) is 0.374. The molecule has 0 aliphatic carbocycles. The second kappa shape index (κ2) is 9.01. The fraction of sp³-hybridized carbons (Fsp3) is 0.316. The Morgan fingerprint density at radius 3 is 2.78 bits per heavy atom. The molecule has 1 fully saturated rings. The van der Waals surface area contributed by atoms with Crippen molar-refractivity contribution in [3.8, 4) is 0 Å². The van der Waals surface area contributed by atoms with Gasteiger partial charge >= 0.3 is 5.97 Å². The predicted molar refractivity (Wildman–Crippen MR) is 103 cm³/mol. The number of halogens is 1. The summed E-state index contributed by atoms with van der Waals surface area (Å²) < 4.78 is 5.13. The van der Waals surface area contributed by atoms with Gasteiger partial charge in [-0.2, -0.15) is 0 Å². The van der Waals surface area contributed by atoms with Gasteiger partial charge in [-0.15, -0.1) is 11.3 Å². The molecule has 2 amide bonds. The first-order valence-electron chi connectivity index (χ1n) is 8.57. The lowest BCUT2D eigenvalue weighted by Crippen LogP contribution is -2.42. The highest BCUT2D eigenvalue weighted by molar-refractivity contribution is 7.12. The lowest BCUT2D eigenvalue weighted by molar-refractivity contribution is -0.152. The maximum atomic E-state index is 12.5. The molecule has 8 heteroatoms. The van der Waals surface area contributed by atoms with E-state index in [0.717, 1.165) is 12.0 Å². The number of carbonyl (C=O) groups excluding carboxylic acids is 3. The number of hydrogen-bond donors (Lipinski definition) is 1. The molecule has 1 aromatic carbocycles. The number of amides is 2. The minimum Gasteiger partial charge on any atom is -0.454 e. The van der Waals surface area contributed by atoms with Crippen molar-refractivity contribution in [1.82, 2.24) is 10.2 Å². The van der Waals surface area contributed by atoms with Crippen LogP contribution < -0.4 is 5.32 Å². The second-order valence-electron chi connectivity index (χ2n) is 6.11. The molecule has 0 bridgehead atoms. The fourth-order valence-corrected chi connectivity index (χ4v) is 3.80. The molecule has 1 saturated heterocycles. The number of ether oxygens (including phenoxy) is 1. The number of esters is 1. The molecule has 0 radical (unpaired) electrons. The lowest BCUT2D eigenvalue weighted by Gasteiger charge is -2.22. The average Bonchev–Trinajstić information content (AvgIpc) is 3.36. The summed E-state index contributed by atoms with van der Waals surface area (Å²) in [4.78, 5) is 38.9. The van der Waals surface area contributed by atoms with Gasteiger partial charge in [0, 0.05) is 18.1 Å². The van der Waals surface area contributed by atoms with E-state index in [1.807, 2.05) is 11.4 Å². The van der Waals surface area contributed by atoms with Crippen LogP contribution in [0.5, 0.6) is 0 Å². The van der Waals surface area contributed by atoms with E-state index < -0.39 is 17.9 Å². The van der Waals surface area contributed by atoms with Gasteiger partial charge in [-0.25, -0.2) is 4.79 Å². The van der Waals surface area contributed by atoms with Gasteiger partial charge in [-0.05, 0) is 35.9 Å². The molecule has 1 aromatic heterocycles. The van der Waals surface area contributed by atoms with Crippen molar-refractivity contribution in [1.29, 1.82) is 0 Å². The van der Waals surface area contributed by atoms with Gasteiger partial charge in [-0.3, -0.25) is 9.59 Å². The third kappa shape index (κ3) is 4.87. The fourth-order valence-electron chi connectivity index (χ4n) is 2.92. The van der Waals surface area contributed by atoms with Crippen molar-refractivity contribution in [3.63, 3.8) is 0 Å². The van der Waals surface area contributed by atoms with Crippen LogP contribution in [0.2, 0.25) is 5.02 Å². The Kier molecular flexibility index (Phi) is 6.47. The largest absolute Gasteiger partial charge is 0.454 e. The molecule has 0 saturated carbocycles. The molecule has 1 N–H and O–H groups in total. The van der Waals surface area contributed by atoms with Gasteiger partial charge in [0.1, 0.15) is 6.04 Å². The Morgan fingerprint density at radius 2 is 2.04 bits per heavy atom. The van der Waals surface area contributed by atoms with Crippen LogP contribution in [0, 0.1) is 0 Å². The first-order valence-corrected chi connectivity index (χ1v) is 9.83. The smallest absolute Gasteiger partial charge is 0.329 e. The maximum absolute atomic E-state index is 12.5. The number of nitrogens with zero attached hydrogens (tertiary/aromatic N) is 1. The molecule has 0 spiro atoms. The van der Waals surface area contributed by atoms with Crippen molar-refractivity contribution < 1.29 is 19.1 Å². The summed E-state index contributed by atoms with van der Waals surface area (Å²) in [5.74, 6) is -1.14. The molecular weight excluding hydrogens is 388 g/mol. The highest BCUT2D eigenvalue weighted by atomic mass is 35.5. The molecule has 27 heavy (non-hydrogen) atoms. The summed E-state index contributed by atoms with van der Waals surface area (Å²) in [5, 5.41) is 5.04. The van der Waals surface area contributed by atoms with Gasteiger partial charge < -0.3 is 15.0 Å². The Morgan fingerprint density at radius 1 is 1.22 bits per heavy atom. The first kappa shape index (κ1) is 19.4. The van der Waals surface area contributed by atoms with Crippen LogP contribution in [0.3, 0.4) is 0 Å². The molecule has 142 valence electrons. The van der Waals surface area contributed by atoms with Gasteiger partial charge in [-0.1, -0.05) is 35.9 Å². The first-order chi connectivity index (χ1) is 13.1. The summed E-state index contributed by atoms with van der Waals surface area (Å²) >= 11 is 7.37. The van der Waals surface area contributed by atoms with E-state index in [4.69, 9.17) is 16.3 Å². The number of likely N-dealkylation sites (tertiary alicyclic amines) is 1. The Hall–Kier alpha value is -2.38.